The van der Waals surface area contributed by atoms with Crippen LogP contribution in [0.4, 0.5) is 4.39 Å². The number of carbonyl (C=O) groups excluding carboxylic acids is 1. The standard InChI is InChI=1S/C22H20FNO4S/c1-24(14-21(25)26)9-10-28-19-8-7-16(15-4-2-5-17(23)12-15)13-18(19)22(27)20-6-3-11-29-20/h2-8,11-13H,9-10,14H2,1H3,(H,25,26). The van der Waals surface area contributed by atoms with Crippen molar-refractivity contribution in [2.75, 3.05) is 26.7 Å². The molecule has 0 unspecified atom stereocenters. The van der Waals surface area contributed by atoms with Gasteiger partial charge >= 0.3 is 5.97 Å². The van der Waals surface area contributed by atoms with Gasteiger partial charge in [-0.1, -0.05) is 24.3 Å². The van der Waals surface area contributed by atoms with Crippen molar-refractivity contribution >= 4 is 23.1 Å². The number of hydrogen-bond acceptors (Lipinski definition) is 5. The average Bonchev–Trinajstić information content (AvgIpc) is 3.22. The Morgan fingerprint density at radius 3 is 2.59 bits per heavy atom. The Morgan fingerprint density at radius 2 is 1.90 bits per heavy atom. The molecule has 0 aliphatic heterocycles. The number of nitrogens with zero attached hydrogens (tertiary/aromatic N) is 1. The van der Waals surface area contributed by atoms with Gasteiger partial charge in [-0.25, -0.2) is 4.39 Å². The second-order valence-corrected chi connectivity index (χ2v) is 7.46. The van der Waals surface area contributed by atoms with Crippen molar-refractivity contribution in [2.45, 2.75) is 0 Å². The normalized spacial score (nSPS) is 10.9. The third kappa shape index (κ3) is 5.49. The first-order valence-corrected chi connectivity index (χ1v) is 9.83. The van der Waals surface area contributed by atoms with Gasteiger partial charge in [0.1, 0.15) is 18.2 Å². The van der Waals surface area contributed by atoms with Crippen LogP contribution >= 0.6 is 11.3 Å². The molecule has 1 N–H and O–H groups in total. The van der Waals surface area contributed by atoms with Crippen LogP contribution in [0.2, 0.25) is 0 Å². The minimum absolute atomic E-state index is 0.0944. The summed E-state index contributed by atoms with van der Waals surface area (Å²) in [6.07, 6.45) is 0. The predicted molar refractivity (Wildman–Crippen MR) is 110 cm³/mol. The fourth-order valence-electron chi connectivity index (χ4n) is 2.84. The van der Waals surface area contributed by atoms with Crippen molar-refractivity contribution in [3.63, 3.8) is 0 Å². The van der Waals surface area contributed by atoms with E-state index in [0.29, 0.717) is 33.9 Å². The summed E-state index contributed by atoms with van der Waals surface area (Å²) >= 11 is 1.34. The Hall–Kier alpha value is -3.03. The molecule has 7 heteroatoms. The molecule has 0 amide bonds. The second-order valence-electron chi connectivity index (χ2n) is 6.51. The summed E-state index contributed by atoms with van der Waals surface area (Å²) in [6.45, 7) is 0.529. The highest BCUT2D eigenvalue weighted by Gasteiger charge is 2.17. The predicted octanol–water partition coefficient (Wildman–Crippen LogP) is 4.18. The number of rotatable bonds is 9. The van der Waals surface area contributed by atoms with Gasteiger partial charge in [-0.2, -0.15) is 0 Å². The molecule has 1 aromatic heterocycles. The number of ketones is 1. The molecular formula is C22H20FNO4S. The number of benzene rings is 2. The molecule has 0 atom stereocenters. The Kier molecular flexibility index (Phi) is 6.74. The van der Waals surface area contributed by atoms with Gasteiger partial charge in [-0.05, 0) is 53.9 Å². The van der Waals surface area contributed by atoms with Gasteiger partial charge in [-0.3, -0.25) is 14.5 Å². The molecule has 29 heavy (non-hydrogen) atoms. The summed E-state index contributed by atoms with van der Waals surface area (Å²) in [5.41, 5.74) is 1.76. The van der Waals surface area contributed by atoms with Crippen LogP contribution in [-0.2, 0) is 4.79 Å². The second kappa shape index (κ2) is 9.45. The van der Waals surface area contributed by atoms with Crippen molar-refractivity contribution in [1.29, 1.82) is 0 Å². The molecule has 3 aromatic rings. The number of aliphatic carboxylic acids is 1. The maximum absolute atomic E-state index is 13.6. The lowest BCUT2D eigenvalue weighted by Crippen LogP contribution is -2.29. The van der Waals surface area contributed by atoms with Crippen molar-refractivity contribution in [2.24, 2.45) is 0 Å². The molecule has 150 valence electrons. The summed E-state index contributed by atoms with van der Waals surface area (Å²) in [5, 5.41) is 10.7. The van der Waals surface area contributed by atoms with Gasteiger partial charge in [0.25, 0.3) is 0 Å². The van der Waals surface area contributed by atoms with E-state index >= 15 is 0 Å². The zero-order valence-corrected chi connectivity index (χ0v) is 16.6. The van der Waals surface area contributed by atoms with Crippen molar-refractivity contribution < 1.29 is 23.8 Å². The summed E-state index contributed by atoms with van der Waals surface area (Å²) in [7, 11) is 1.68. The Morgan fingerprint density at radius 1 is 1.10 bits per heavy atom. The lowest BCUT2D eigenvalue weighted by atomic mass is 9.99. The van der Waals surface area contributed by atoms with Crippen LogP contribution < -0.4 is 4.74 Å². The molecule has 1 heterocycles. The van der Waals surface area contributed by atoms with Crippen LogP contribution in [-0.4, -0.2) is 48.5 Å². The van der Waals surface area contributed by atoms with Gasteiger partial charge < -0.3 is 9.84 Å². The van der Waals surface area contributed by atoms with Crippen molar-refractivity contribution in [1.82, 2.24) is 4.90 Å². The van der Waals surface area contributed by atoms with E-state index in [-0.39, 0.29) is 24.8 Å². The molecule has 0 aliphatic carbocycles. The maximum atomic E-state index is 13.6. The number of halogens is 1. The summed E-state index contributed by atoms with van der Waals surface area (Å²) in [5.74, 6) is -1.03. The molecule has 0 bridgehead atoms. The Bertz CT molecular complexity index is 1000. The lowest BCUT2D eigenvalue weighted by molar-refractivity contribution is -0.138. The first-order chi connectivity index (χ1) is 13.9. The third-order valence-corrected chi connectivity index (χ3v) is 5.13. The molecule has 0 aliphatic rings. The van der Waals surface area contributed by atoms with Crippen LogP contribution in [0, 0.1) is 5.82 Å². The minimum atomic E-state index is -0.916. The van der Waals surface area contributed by atoms with E-state index in [4.69, 9.17) is 9.84 Å². The summed E-state index contributed by atoms with van der Waals surface area (Å²) in [6, 6.07) is 14.9. The van der Waals surface area contributed by atoms with Crippen LogP contribution in [0.25, 0.3) is 11.1 Å². The molecular weight excluding hydrogens is 393 g/mol. The molecule has 5 nitrogen and oxygen atoms in total. The van der Waals surface area contributed by atoms with E-state index in [1.54, 1.807) is 54.4 Å². The number of ether oxygens (including phenoxy) is 1. The van der Waals surface area contributed by atoms with E-state index < -0.39 is 5.97 Å². The fraction of sp³-hybridized carbons (Fsp3) is 0.182. The number of hydrogen-bond donors (Lipinski definition) is 1. The monoisotopic (exact) mass is 413 g/mol. The van der Waals surface area contributed by atoms with Gasteiger partial charge in [-0.15, -0.1) is 11.3 Å². The van der Waals surface area contributed by atoms with Crippen LogP contribution in [0.15, 0.2) is 60.0 Å². The van der Waals surface area contributed by atoms with E-state index in [2.05, 4.69) is 0 Å². The molecule has 0 saturated heterocycles. The highest BCUT2D eigenvalue weighted by molar-refractivity contribution is 7.12. The van der Waals surface area contributed by atoms with Gasteiger partial charge in [0.15, 0.2) is 0 Å². The van der Waals surface area contributed by atoms with Crippen LogP contribution in [0.3, 0.4) is 0 Å². The molecule has 0 fully saturated rings. The number of carboxylic acids is 1. The van der Waals surface area contributed by atoms with Crippen molar-refractivity contribution in [3.05, 3.63) is 76.2 Å². The molecule has 0 saturated carbocycles. The summed E-state index contributed by atoms with van der Waals surface area (Å²) in [4.78, 5) is 25.9. The average molecular weight is 413 g/mol. The smallest absolute Gasteiger partial charge is 0.317 e. The quantitative estimate of drug-likeness (QED) is 0.533. The maximum Gasteiger partial charge on any atom is 0.317 e. The van der Waals surface area contributed by atoms with E-state index in [1.807, 2.05) is 5.38 Å². The highest BCUT2D eigenvalue weighted by Crippen LogP contribution is 2.30. The van der Waals surface area contributed by atoms with Crippen molar-refractivity contribution in [3.8, 4) is 16.9 Å². The molecule has 3 rings (SSSR count). The Labute approximate surface area is 172 Å². The van der Waals surface area contributed by atoms with Crippen LogP contribution in [0.5, 0.6) is 5.75 Å². The zero-order chi connectivity index (χ0) is 20.8. The van der Waals surface area contributed by atoms with E-state index in [9.17, 15) is 14.0 Å². The molecule has 0 radical (unpaired) electrons. The first kappa shape index (κ1) is 20.7. The minimum Gasteiger partial charge on any atom is -0.491 e. The summed E-state index contributed by atoms with van der Waals surface area (Å²) < 4.78 is 19.4. The van der Waals surface area contributed by atoms with E-state index in [0.717, 1.165) is 0 Å². The fourth-order valence-corrected chi connectivity index (χ4v) is 3.52. The third-order valence-electron chi connectivity index (χ3n) is 4.26. The molecule has 0 spiro atoms. The molecule has 2 aromatic carbocycles. The largest absolute Gasteiger partial charge is 0.491 e. The number of carbonyl (C=O) groups is 2. The van der Waals surface area contributed by atoms with Crippen LogP contribution in [0.1, 0.15) is 15.2 Å². The SMILES string of the molecule is CN(CCOc1ccc(-c2cccc(F)c2)cc1C(=O)c1cccs1)CC(=O)O. The zero-order valence-electron chi connectivity index (χ0n) is 15.8. The Balaban J connectivity index is 1.86. The van der Waals surface area contributed by atoms with Gasteiger partial charge in [0, 0.05) is 6.54 Å². The first-order valence-electron chi connectivity index (χ1n) is 8.95. The number of likely N-dealkylation sites (N-methyl/N-ethyl adjacent to an activating group) is 1. The highest BCUT2D eigenvalue weighted by atomic mass is 32.1. The number of carboxylic acid groups (broad SMARTS) is 1. The lowest BCUT2D eigenvalue weighted by Gasteiger charge is -2.16. The van der Waals surface area contributed by atoms with Gasteiger partial charge in [0.05, 0.1) is 17.0 Å². The van der Waals surface area contributed by atoms with E-state index in [1.165, 1.54) is 23.5 Å². The topological polar surface area (TPSA) is 66.8 Å². The van der Waals surface area contributed by atoms with Gasteiger partial charge in [0.2, 0.25) is 5.78 Å². The number of thiophene rings is 1.